The van der Waals surface area contributed by atoms with E-state index in [1.54, 1.807) is 6.07 Å². The third kappa shape index (κ3) is 4.23. The first kappa shape index (κ1) is 20.1. The summed E-state index contributed by atoms with van der Waals surface area (Å²) in [5.74, 6) is -4.67. The lowest BCUT2D eigenvalue weighted by Crippen LogP contribution is -2.13. The van der Waals surface area contributed by atoms with Crippen LogP contribution in [0.25, 0.3) is 6.08 Å². The topological polar surface area (TPSA) is 65.0 Å². The lowest BCUT2D eigenvalue weighted by Gasteiger charge is -2.06. The maximum absolute atomic E-state index is 13.9. The third-order valence-electron chi connectivity index (χ3n) is 4.29. The van der Waals surface area contributed by atoms with Crippen molar-refractivity contribution in [3.8, 4) is 5.75 Å². The zero-order chi connectivity index (χ0) is 22.0. The molecule has 0 N–H and O–H groups in total. The Morgan fingerprint density at radius 1 is 0.871 bits per heavy atom. The van der Waals surface area contributed by atoms with Gasteiger partial charge in [-0.3, -0.25) is 0 Å². The maximum Gasteiger partial charge on any atom is 0.363 e. The van der Waals surface area contributed by atoms with Crippen molar-refractivity contribution < 1.29 is 32.2 Å². The van der Waals surface area contributed by atoms with Crippen LogP contribution >= 0.6 is 0 Å². The van der Waals surface area contributed by atoms with Gasteiger partial charge in [-0.2, -0.15) is 0 Å². The van der Waals surface area contributed by atoms with E-state index >= 15 is 0 Å². The van der Waals surface area contributed by atoms with Crippen LogP contribution in [0.15, 0.2) is 77.4 Å². The SMILES string of the molecule is O=C1OC(c2ccccc2F)=N/C1=C/c1ccc(OC(=O)c2c(F)cccc2F)cc1. The zero-order valence-electron chi connectivity index (χ0n) is 15.6. The number of carbonyl (C=O) groups is 2. The molecule has 0 aromatic heterocycles. The molecule has 0 bridgehead atoms. The fourth-order valence-corrected chi connectivity index (χ4v) is 2.80. The predicted molar refractivity (Wildman–Crippen MR) is 105 cm³/mol. The number of halogens is 3. The van der Waals surface area contributed by atoms with Crippen LogP contribution in [0.3, 0.4) is 0 Å². The summed E-state index contributed by atoms with van der Waals surface area (Å²) in [4.78, 5) is 28.1. The summed E-state index contributed by atoms with van der Waals surface area (Å²) in [6.07, 6.45) is 1.40. The highest BCUT2D eigenvalue weighted by Gasteiger charge is 2.26. The van der Waals surface area contributed by atoms with Gasteiger partial charge in [-0.05, 0) is 48.0 Å². The summed E-state index contributed by atoms with van der Waals surface area (Å²) >= 11 is 0. The molecule has 0 unspecified atom stereocenters. The van der Waals surface area contributed by atoms with Gasteiger partial charge in [-0.25, -0.2) is 27.8 Å². The third-order valence-corrected chi connectivity index (χ3v) is 4.29. The molecule has 0 aliphatic carbocycles. The van der Waals surface area contributed by atoms with Crippen molar-refractivity contribution in [1.82, 2.24) is 0 Å². The number of esters is 2. The van der Waals surface area contributed by atoms with E-state index in [-0.39, 0.29) is 22.9 Å². The Bertz CT molecular complexity index is 1230. The number of ether oxygens (including phenoxy) is 2. The van der Waals surface area contributed by atoms with Crippen LogP contribution in [-0.4, -0.2) is 17.8 Å². The molecule has 154 valence electrons. The van der Waals surface area contributed by atoms with E-state index in [2.05, 4.69) is 4.99 Å². The molecule has 0 radical (unpaired) electrons. The summed E-state index contributed by atoms with van der Waals surface area (Å²) in [5.41, 5.74) is -0.280. The average Bonchev–Trinajstić information content (AvgIpc) is 3.09. The smallest absolute Gasteiger partial charge is 0.363 e. The molecule has 1 aliphatic rings. The Morgan fingerprint density at radius 3 is 2.19 bits per heavy atom. The number of hydrogen-bond donors (Lipinski definition) is 0. The van der Waals surface area contributed by atoms with Crippen molar-refractivity contribution in [3.05, 3.63) is 107 Å². The van der Waals surface area contributed by atoms with E-state index in [4.69, 9.17) is 9.47 Å². The highest BCUT2D eigenvalue weighted by atomic mass is 19.1. The summed E-state index contributed by atoms with van der Waals surface area (Å²) < 4.78 is 51.2. The van der Waals surface area contributed by atoms with Crippen LogP contribution in [0.5, 0.6) is 5.75 Å². The molecule has 0 fully saturated rings. The number of cyclic esters (lactones) is 1. The van der Waals surface area contributed by atoms with Gasteiger partial charge in [0.15, 0.2) is 5.70 Å². The highest BCUT2D eigenvalue weighted by molar-refractivity contribution is 6.12. The van der Waals surface area contributed by atoms with E-state index < -0.39 is 35.0 Å². The first-order chi connectivity index (χ1) is 14.9. The first-order valence-corrected chi connectivity index (χ1v) is 8.96. The molecular weight excluding hydrogens is 411 g/mol. The monoisotopic (exact) mass is 423 g/mol. The van der Waals surface area contributed by atoms with Crippen LogP contribution in [-0.2, 0) is 9.53 Å². The second kappa shape index (κ2) is 8.27. The molecule has 0 atom stereocenters. The number of nitrogens with zero attached hydrogens (tertiary/aromatic N) is 1. The van der Waals surface area contributed by atoms with Crippen LogP contribution in [0, 0.1) is 17.5 Å². The summed E-state index contributed by atoms with van der Waals surface area (Å²) in [7, 11) is 0. The van der Waals surface area contributed by atoms with Crippen LogP contribution in [0.4, 0.5) is 13.2 Å². The van der Waals surface area contributed by atoms with E-state index in [9.17, 15) is 22.8 Å². The Labute approximate surface area is 174 Å². The van der Waals surface area contributed by atoms with Gasteiger partial charge in [0.1, 0.15) is 28.8 Å². The largest absolute Gasteiger partial charge is 0.423 e. The molecule has 4 rings (SSSR count). The van der Waals surface area contributed by atoms with Gasteiger partial charge >= 0.3 is 11.9 Å². The van der Waals surface area contributed by atoms with Crippen molar-refractivity contribution in [2.45, 2.75) is 0 Å². The lowest BCUT2D eigenvalue weighted by atomic mass is 10.2. The fourth-order valence-electron chi connectivity index (χ4n) is 2.80. The molecule has 1 aliphatic heterocycles. The number of benzene rings is 3. The normalized spacial score (nSPS) is 14.4. The van der Waals surface area contributed by atoms with Crippen LogP contribution in [0.1, 0.15) is 21.5 Å². The molecule has 1 heterocycles. The minimum atomic E-state index is -1.18. The Morgan fingerprint density at radius 2 is 1.52 bits per heavy atom. The van der Waals surface area contributed by atoms with Crippen molar-refractivity contribution >= 4 is 23.9 Å². The molecule has 0 saturated heterocycles. The first-order valence-electron chi connectivity index (χ1n) is 8.96. The molecule has 3 aromatic carbocycles. The average molecular weight is 423 g/mol. The standard InChI is InChI=1S/C23H12F3NO4/c24-16-5-2-1-4-15(16)21-27-19(22(28)31-21)12-13-8-10-14(11-9-13)30-23(29)20-17(25)6-3-7-18(20)26/h1-12H/b19-12+. The van der Waals surface area contributed by atoms with E-state index in [0.29, 0.717) is 5.56 Å². The van der Waals surface area contributed by atoms with Gasteiger partial charge in [0.25, 0.3) is 0 Å². The molecule has 5 nitrogen and oxygen atoms in total. The Balaban J connectivity index is 1.52. The molecule has 8 heteroatoms. The quantitative estimate of drug-likeness (QED) is 0.348. The van der Waals surface area contributed by atoms with Crippen molar-refractivity contribution in [3.63, 3.8) is 0 Å². The lowest BCUT2D eigenvalue weighted by molar-refractivity contribution is -0.129. The van der Waals surface area contributed by atoms with Gasteiger partial charge in [0.05, 0.1) is 5.56 Å². The van der Waals surface area contributed by atoms with E-state index in [1.165, 1.54) is 48.5 Å². The zero-order valence-corrected chi connectivity index (χ0v) is 15.6. The molecular formula is C23H12F3NO4. The van der Waals surface area contributed by atoms with Gasteiger partial charge in [0.2, 0.25) is 5.90 Å². The fraction of sp³-hybridized carbons (Fsp3) is 0. The number of hydrogen-bond acceptors (Lipinski definition) is 5. The number of rotatable bonds is 4. The molecule has 0 spiro atoms. The van der Waals surface area contributed by atoms with E-state index in [1.807, 2.05) is 0 Å². The van der Waals surface area contributed by atoms with Crippen molar-refractivity contribution in [2.24, 2.45) is 4.99 Å². The van der Waals surface area contributed by atoms with Crippen molar-refractivity contribution in [2.75, 3.05) is 0 Å². The minimum Gasteiger partial charge on any atom is -0.423 e. The van der Waals surface area contributed by atoms with Crippen molar-refractivity contribution in [1.29, 1.82) is 0 Å². The summed E-state index contributed by atoms with van der Waals surface area (Å²) in [5, 5.41) is 0. The number of carbonyl (C=O) groups excluding carboxylic acids is 2. The second-order valence-corrected chi connectivity index (χ2v) is 6.37. The predicted octanol–water partition coefficient (Wildman–Crippen LogP) is 4.67. The minimum absolute atomic E-state index is 0.0411. The van der Waals surface area contributed by atoms with Gasteiger partial charge in [-0.1, -0.05) is 30.3 Å². The maximum atomic E-state index is 13.9. The molecule has 31 heavy (non-hydrogen) atoms. The molecule has 0 amide bonds. The van der Waals surface area contributed by atoms with Crippen LogP contribution < -0.4 is 4.74 Å². The molecule has 0 saturated carbocycles. The van der Waals surface area contributed by atoms with Gasteiger partial charge < -0.3 is 9.47 Å². The highest BCUT2D eigenvalue weighted by Crippen LogP contribution is 2.22. The Hall–Kier alpha value is -4.20. The van der Waals surface area contributed by atoms with Gasteiger partial charge in [-0.15, -0.1) is 0 Å². The summed E-state index contributed by atoms with van der Waals surface area (Å²) in [6.45, 7) is 0. The summed E-state index contributed by atoms with van der Waals surface area (Å²) in [6, 6.07) is 14.5. The van der Waals surface area contributed by atoms with Crippen LogP contribution in [0.2, 0.25) is 0 Å². The Kier molecular flexibility index (Phi) is 5.36. The second-order valence-electron chi connectivity index (χ2n) is 6.37. The number of aliphatic imine (C=N–C) groups is 1. The molecule has 3 aromatic rings. The van der Waals surface area contributed by atoms with E-state index in [0.717, 1.165) is 18.2 Å². The van der Waals surface area contributed by atoms with Gasteiger partial charge in [0, 0.05) is 0 Å².